The van der Waals surface area contributed by atoms with Crippen LogP contribution in [0.1, 0.15) is 66.8 Å². The van der Waals surface area contributed by atoms with Crippen molar-refractivity contribution in [2.45, 2.75) is 65.6 Å². The van der Waals surface area contributed by atoms with Crippen molar-refractivity contribution in [3.05, 3.63) is 85.8 Å². The molecule has 4 rings (SSSR count). The second-order valence-electron chi connectivity index (χ2n) is 11.0. The van der Waals surface area contributed by atoms with E-state index in [1.54, 1.807) is 26.8 Å². The lowest BCUT2D eigenvalue weighted by Crippen LogP contribution is -2.52. The number of halogens is 3. The number of aromatic nitrogens is 2. The zero-order chi connectivity index (χ0) is 30.9. The van der Waals surface area contributed by atoms with E-state index in [1.807, 2.05) is 0 Å². The van der Waals surface area contributed by atoms with E-state index in [0.717, 1.165) is 6.07 Å². The van der Waals surface area contributed by atoms with Crippen molar-refractivity contribution >= 4 is 23.4 Å². The number of carbonyl (C=O) groups is 2. The molecule has 2 amide bonds. The Morgan fingerprint density at radius 1 is 1.19 bits per heavy atom. The van der Waals surface area contributed by atoms with Gasteiger partial charge in [0.15, 0.2) is 17.3 Å². The molecule has 1 aliphatic heterocycles. The Morgan fingerprint density at radius 3 is 2.55 bits per heavy atom. The van der Waals surface area contributed by atoms with Crippen LogP contribution in [-0.4, -0.2) is 39.0 Å². The number of nitrogens with one attached hydrogen (secondary N) is 2. The predicted octanol–water partition coefficient (Wildman–Crippen LogP) is 5.51. The molecule has 2 aromatic carbocycles. The number of nitriles is 1. The van der Waals surface area contributed by atoms with E-state index >= 15 is 4.39 Å². The molecule has 1 aromatic heterocycles. The zero-order valence-electron chi connectivity index (χ0n) is 23.7. The van der Waals surface area contributed by atoms with Gasteiger partial charge >= 0.3 is 5.56 Å². The molecule has 0 aliphatic carbocycles. The smallest absolute Gasteiger partial charge is 0.307 e. The SMILES string of the molecule is Cc1cc(Oc2c(C)cc(C(=O)N[C@H](C)C(=O)N3C(c4cc(F)cc(Cl)c4)CC[C@@H]3C(C)(C)C#N)cc2F)c(=O)[nH]n1. The summed E-state index contributed by atoms with van der Waals surface area (Å²) in [5, 5.41) is 18.6. The van der Waals surface area contributed by atoms with Gasteiger partial charge in [-0.2, -0.15) is 10.4 Å². The van der Waals surface area contributed by atoms with Crippen molar-refractivity contribution in [1.82, 2.24) is 20.4 Å². The largest absolute Gasteiger partial charge is 0.448 e. The number of hydrogen-bond donors (Lipinski definition) is 2. The van der Waals surface area contributed by atoms with Crippen LogP contribution in [0, 0.1) is 42.2 Å². The van der Waals surface area contributed by atoms with Gasteiger partial charge in [0.2, 0.25) is 5.91 Å². The van der Waals surface area contributed by atoms with Crippen molar-refractivity contribution in [1.29, 1.82) is 5.26 Å². The van der Waals surface area contributed by atoms with Gasteiger partial charge < -0.3 is 15.0 Å². The second kappa shape index (κ2) is 11.9. The first kappa shape index (κ1) is 30.7. The number of aromatic amines is 1. The van der Waals surface area contributed by atoms with Crippen molar-refractivity contribution in [3.8, 4) is 17.6 Å². The fourth-order valence-electron chi connectivity index (χ4n) is 5.22. The van der Waals surface area contributed by atoms with E-state index in [9.17, 15) is 24.0 Å². The normalized spacial score (nSPS) is 17.5. The molecule has 42 heavy (non-hydrogen) atoms. The molecule has 0 saturated carbocycles. The molecule has 0 radical (unpaired) electrons. The third kappa shape index (κ3) is 6.29. The van der Waals surface area contributed by atoms with Gasteiger partial charge in [-0.25, -0.2) is 13.9 Å². The summed E-state index contributed by atoms with van der Waals surface area (Å²) in [7, 11) is 0. The molecular weight excluding hydrogens is 568 g/mol. The van der Waals surface area contributed by atoms with Gasteiger partial charge in [-0.3, -0.25) is 14.4 Å². The van der Waals surface area contributed by atoms with Gasteiger partial charge in [0.1, 0.15) is 11.9 Å². The highest BCUT2D eigenvalue weighted by Crippen LogP contribution is 2.44. The fourth-order valence-corrected chi connectivity index (χ4v) is 5.45. The average Bonchev–Trinajstić information content (AvgIpc) is 3.37. The molecule has 3 aromatic rings. The van der Waals surface area contributed by atoms with Crippen molar-refractivity contribution in [2.75, 3.05) is 0 Å². The maximum atomic E-state index is 15.1. The molecule has 12 heteroatoms. The maximum absolute atomic E-state index is 15.1. The van der Waals surface area contributed by atoms with Gasteiger partial charge in [-0.05, 0) is 88.9 Å². The van der Waals surface area contributed by atoms with Crippen LogP contribution < -0.4 is 15.6 Å². The minimum absolute atomic E-state index is 0.0689. The molecule has 9 nitrogen and oxygen atoms in total. The minimum Gasteiger partial charge on any atom is -0.448 e. The van der Waals surface area contributed by atoms with Crippen molar-refractivity contribution in [2.24, 2.45) is 5.41 Å². The molecule has 220 valence electrons. The van der Waals surface area contributed by atoms with Crippen LogP contribution in [0.2, 0.25) is 5.02 Å². The monoisotopic (exact) mass is 597 g/mol. The average molecular weight is 598 g/mol. The second-order valence-corrected chi connectivity index (χ2v) is 11.4. The number of H-pyrrole nitrogens is 1. The molecule has 0 bridgehead atoms. The molecule has 1 aliphatic rings. The molecule has 2 N–H and O–H groups in total. The third-order valence-corrected chi connectivity index (χ3v) is 7.57. The predicted molar refractivity (Wildman–Crippen MR) is 151 cm³/mol. The van der Waals surface area contributed by atoms with Crippen LogP contribution in [0.4, 0.5) is 8.78 Å². The summed E-state index contributed by atoms with van der Waals surface area (Å²) in [6, 6.07) is 7.83. The molecule has 0 spiro atoms. The van der Waals surface area contributed by atoms with E-state index < -0.39 is 52.5 Å². The number of carbonyl (C=O) groups excluding carboxylic acids is 2. The Kier molecular flexibility index (Phi) is 8.68. The molecule has 1 fully saturated rings. The summed E-state index contributed by atoms with van der Waals surface area (Å²) >= 11 is 6.09. The number of likely N-dealkylation sites (tertiary alicyclic amines) is 1. The number of benzene rings is 2. The summed E-state index contributed by atoms with van der Waals surface area (Å²) in [4.78, 5) is 40.5. The van der Waals surface area contributed by atoms with Gasteiger partial charge in [0.25, 0.3) is 5.91 Å². The van der Waals surface area contributed by atoms with Crippen LogP contribution >= 0.6 is 11.6 Å². The Labute approximate surface area is 246 Å². The van der Waals surface area contributed by atoms with E-state index in [-0.39, 0.29) is 27.6 Å². The molecule has 1 unspecified atom stereocenters. The van der Waals surface area contributed by atoms with Crippen LogP contribution in [-0.2, 0) is 4.79 Å². The lowest BCUT2D eigenvalue weighted by molar-refractivity contribution is -0.137. The van der Waals surface area contributed by atoms with E-state index in [4.69, 9.17) is 16.3 Å². The quantitative estimate of drug-likeness (QED) is 0.369. The Bertz CT molecular complexity index is 1610. The van der Waals surface area contributed by atoms with Gasteiger partial charge in [-0.15, -0.1) is 0 Å². The third-order valence-electron chi connectivity index (χ3n) is 7.35. The molecular formula is C30H30ClF2N5O4. The Hall–Kier alpha value is -4.30. The Morgan fingerprint density at radius 2 is 1.90 bits per heavy atom. The van der Waals surface area contributed by atoms with E-state index in [2.05, 4.69) is 21.6 Å². The van der Waals surface area contributed by atoms with E-state index in [0.29, 0.717) is 24.1 Å². The first-order valence-corrected chi connectivity index (χ1v) is 13.6. The first-order valence-electron chi connectivity index (χ1n) is 13.3. The van der Waals surface area contributed by atoms with Crippen LogP contribution in [0.3, 0.4) is 0 Å². The molecule has 1 saturated heterocycles. The summed E-state index contributed by atoms with van der Waals surface area (Å²) in [6.45, 7) is 8.07. The number of amides is 2. The highest BCUT2D eigenvalue weighted by Gasteiger charge is 2.46. The zero-order valence-corrected chi connectivity index (χ0v) is 24.5. The lowest BCUT2D eigenvalue weighted by atomic mass is 9.84. The highest BCUT2D eigenvalue weighted by atomic mass is 35.5. The number of rotatable bonds is 7. The van der Waals surface area contributed by atoms with Crippen molar-refractivity contribution < 1.29 is 23.1 Å². The summed E-state index contributed by atoms with van der Waals surface area (Å²) in [6.07, 6.45) is 0.950. The van der Waals surface area contributed by atoms with Crippen molar-refractivity contribution in [3.63, 3.8) is 0 Å². The standard InChI is InChI=1S/C30H30ClF2N5O4/c1-15-8-19(12-22(33)26(15)42-24-9-16(2)36-37-28(24)40)27(39)35-17(3)29(41)38-23(6-7-25(38)30(4,5)14-34)18-10-20(31)13-21(32)11-18/h8-13,17,23,25H,6-7H2,1-5H3,(H,35,39)(H,37,40)/t17-,23?,25-/m1/s1. The summed E-state index contributed by atoms with van der Waals surface area (Å²) in [5.74, 6) is -3.03. The minimum atomic E-state index is -1.07. The number of aryl methyl sites for hydroxylation is 2. The molecule has 3 atom stereocenters. The maximum Gasteiger partial charge on any atom is 0.307 e. The highest BCUT2D eigenvalue weighted by molar-refractivity contribution is 6.30. The van der Waals surface area contributed by atoms with Crippen LogP contribution in [0.5, 0.6) is 11.5 Å². The van der Waals surface area contributed by atoms with E-state index in [1.165, 1.54) is 43.0 Å². The Balaban J connectivity index is 1.58. The first-order chi connectivity index (χ1) is 19.7. The fraction of sp³-hybridized carbons (Fsp3) is 0.367. The number of hydrogen-bond acceptors (Lipinski definition) is 6. The van der Waals surface area contributed by atoms with Gasteiger partial charge in [0.05, 0.1) is 29.3 Å². The summed E-state index contributed by atoms with van der Waals surface area (Å²) in [5.41, 5.74) is -0.464. The van der Waals surface area contributed by atoms with Gasteiger partial charge in [0, 0.05) is 16.7 Å². The van der Waals surface area contributed by atoms with Crippen LogP contribution in [0.15, 0.2) is 41.2 Å². The van der Waals surface area contributed by atoms with Crippen LogP contribution in [0.25, 0.3) is 0 Å². The summed E-state index contributed by atoms with van der Waals surface area (Å²) < 4.78 is 34.8. The van der Waals surface area contributed by atoms with Gasteiger partial charge in [-0.1, -0.05) is 11.6 Å². The number of nitrogens with zero attached hydrogens (tertiary/aromatic N) is 3. The lowest BCUT2D eigenvalue weighted by Gasteiger charge is -2.38. The topological polar surface area (TPSA) is 128 Å². The molecule has 2 heterocycles. The number of ether oxygens (including phenoxy) is 1.